The lowest BCUT2D eigenvalue weighted by Crippen LogP contribution is -2.25. The lowest BCUT2D eigenvalue weighted by atomic mass is 10.2. The number of halogens is 1. The van der Waals surface area contributed by atoms with Gasteiger partial charge in [0.25, 0.3) is 0 Å². The molecule has 0 aliphatic carbocycles. The van der Waals surface area contributed by atoms with Gasteiger partial charge < -0.3 is 4.90 Å². The number of aromatic nitrogens is 5. The molecule has 0 spiro atoms. The van der Waals surface area contributed by atoms with Crippen LogP contribution in [0.15, 0.2) is 30.6 Å². The van der Waals surface area contributed by atoms with Gasteiger partial charge in [0.1, 0.15) is 10.8 Å². The predicted molar refractivity (Wildman–Crippen MR) is 107 cm³/mol. The van der Waals surface area contributed by atoms with Crippen LogP contribution >= 0.6 is 34.1 Å². The smallest absolute Gasteiger partial charge is 0.352 e. The van der Waals surface area contributed by atoms with Crippen molar-refractivity contribution < 1.29 is 4.79 Å². The van der Waals surface area contributed by atoms with Gasteiger partial charge in [-0.1, -0.05) is 22.6 Å². The van der Waals surface area contributed by atoms with Crippen molar-refractivity contribution in [1.82, 2.24) is 24.1 Å². The summed E-state index contributed by atoms with van der Waals surface area (Å²) in [5, 5.41) is 5.19. The maximum atomic E-state index is 12.5. The molecule has 8 nitrogen and oxygen atoms in total. The molecule has 1 fully saturated rings. The number of fused-ring (bicyclic) bond motifs is 1. The fourth-order valence-corrected chi connectivity index (χ4v) is 4.54. The van der Waals surface area contributed by atoms with Gasteiger partial charge in [0.05, 0.1) is 6.54 Å². The summed E-state index contributed by atoms with van der Waals surface area (Å²) in [6, 6.07) is 5.59. The average molecular weight is 479 g/mol. The first-order valence-electron chi connectivity index (χ1n) is 8.23. The van der Waals surface area contributed by atoms with Gasteiger partial charge >= 0.3 is 6.03 Å². The van der Waals surface area contributed by atoms with Crippen molar-refractivity contribution in [2.24, 2.45) is 0 Å². The van der Waals surface area contributed by atoms with Gasteiger partial charge in [-0.3, -0.25) is 4.90 Å². The molecule has 0 N–H and O–H groups in total. The van der Waals surface area contributed by atoms with E-state index in [4.69, 9.17) is 0 Å². The maximum absolute atomic E-state index is 12.5. The summed E-state index contributed by atoms with van der Waals surface area (Å²) >= 11 is 3.77. The summed E-state index contributed by atoms with van der Waals surface area (Å²) in [5.41, 5.74) is 0.818. The molecular weight excluding hydrogens is 465 g/mol. The van der Waals surface area contributed by atoms with Gasteiger partial charge in [-0.15, -0.1) is 5.10 Å². The van der Waals surface area contributed by atoms with Crippen LogP contribution in [0.2, 0.25) is 0 Å². The summed E-state index contributed by atoms with van der Waals surface area (Å²) in [6.45, 7) is 2.48. The Hall–Kier alpha value is -2.08. The SMILES string of the molecule is O=C1N(c2ccns2)Cc2nc(-c3ccc(N4CCC(I)C4)nc3)nn21. The van der Waals surface area contributed by atoms with Crippen LogP contribution in [0.4, 0.5) is 15.6 Å². The number of hydrogen-bond acceptors (Lipinski definition) is 7. The zero-order valence-electron chi connectivity index (χ0n) is 13.6. The van der Waals surface area contributed by atoms with Crippen LogP contribution in [-0.4, -0.2) is 47.2 Å². The standard InChI is InChI=1S/C16H14IN7OS/c17-11-4-6-22(8-11)12-2-1-10(7-18-12)15-20-13-9-23(14-3-5-19-26-14)16(25)24(13)21-15/h1-3,5,7,11H,4,6,8-9H2. The van der Waals surface area contributed by atoms with Crippen LogP contribution in [0.5, 0.6) is 0 Å². The first kappa shape index (κ1) is 16.1. The number of amides is 1. The highest BCUT2D eigenvalue weighted by atomic mass is 127. The number of pyridine rings is 1. The molecule has 0 saturated carbocycles. The summed E-state index contributed by atoms with van der Waals surface area (Å²) < 4.78 is 6.09. The number of hydrogen-bond donors (Lipinski definition) is 0. The number of alkyl halides is 1. The van der Waals surface area contributed by atoms with Crippen molar-refractivity contribution in [2.45, 2.75) is 16.9 Å². The highest BCUT2D eigenvalue weighted by molar-refractivity contribution is 14.1. The number of anilines is 2. The number of nitrogens with zero attached hydrogens (tertiary/aromatic N) is 7. The molecule has 1 atom stereocenters. The molecule has 3 aromatic rings. The quantitative estimate of drug-likeness (QED) is 0.425. The molecule has 2 aliphatic rings. The topological polar surface area (TPSA) is 80.0 Å². The molecule has 1 unspecified atom stereocenters. The van der Waals surface area contributed by atoms with Crippen molar-refractivity contribution in [3.05, 3.63) is 36.4 Å². The molecule has 1 saturated heterocycles. The van der Waals surface area contributed by atoms with E-state index in [-0.39, 0.29) is 6.03 Å². The van der Waals surface area contributed by atoms with E-state index in [1.165, 1.54) is 22.6 Å². The second-order valence-corrected chi connectivity index (χ2v) is 8.79. The van der Waals surface area contributed by atoms with E-state index in [9.17, 15) is 4.79 Å². The van der Waals surface area contributed by atoms with E-state index < -0.39 is 0 Å². The average Bonchev–Trinajstić information content (AvgIpc) is 3.41. The third kappa shape index (κ3) is 2.67. The Morgan fingerprint density at radius 2 is 2.19 bits per heavy atom. The van der Waals surface area contributed by atoms with Crippen LogP contribution in [0, 0.1) is 0 Å². The van der Waals surface area contributed by atoms with Crippen LogP contribution < -0.4 is 9.80 Å². The molecule has 2 aliphatic heterocycles. The van der Waals surface area contributed by atoms with Crippen LogP contribution in [-0.2, 0) is 6.54 Å². The van der Waals surface area contributed by atoms with E-state index in [2.05, 4.69) is 46.9 Å². The van der Waals surface area contributed by atoms with Crippen molar-refractivity contribution >= 4 is 51.0 Å². The number of rotatable bonds is 3. The Labute approximate surface area is 167 Å². The normalized spacial score (nSPS) is 19.4. The zero-order chi connectivity index (χ0) is 17.7. The fourth-order valence-electron chi connectivity index (χ4n) is 3.20. The molecule has 10 heteroatoms. The largest absolute Gasteiger partial charge is 0.356 e. The minimum absolute atomic E-state index is 0.197. The minimum Gasteiger partial charge on any atom is -0.356 e. The predicted octanol–water partition coefficient (Wildman–Crippen LogP) is 2.80. The first-order chi connectivity index (χ1) is 12.7. The van der Waals surface area contributed by atoms with Gasteiger partial charge in [0, 0.05) is 35.0 Å². The van der Waals surface area contributed by atoms with E-state index in [0.29, 0.717) is 22.1 Å². The molecule has 132 valence electrons. The molecule has 0 radical (unpaired) electrons. The third-order valence-corrected chi connectivity index (χ3v) is 6.32. The monoisotopic (exact) mass is 479 g/mol. The summed E-state index contributed by atoms with van der Waals surface area (Å²) in [7, 11) is 0. The molecular formula is C16H14IN7OS. The van der Waals surface area contributed by atoms with E-state index in [1.807, 2.05) is 18.2 Å². The Bertz CT molecular complexity index is 956. The third-order valence-electron chi connectivity index (χ3n) is 4.54. The van der Waals surface area contributed by atoms with Gasteiger partial charge in [0.2, 0.25) is 0 Å². The summed E-state index contributed by atoms with van der Waals surface area (Å²) in [5.74, 6) is 2.14. The van der Waals surface area contributed by atoms with Crippen LogP contribution in [0.1, 0.15) is 12.2 Å². The Morgan fingerprint density at radius 3 is 2.85 bits per heavy atom. The van der Waals surface area contributed by atoms with Crippen molar-refractivity contribution in [2.75, 3.05) is 22.9 Å². The van der Waals surface area contributed by atoms with Gasteiger partial charge in [-0.2, -0.15) is 9.06 Å². The molecule has 26 heavy (non-hydrogen) atoms. The highest BCUT2D eigenvalue weighted by Crippen LogP contribution is 2.28. The Balaban J connectivity index is 1.37. The second-order valence-electron chi connectivity index (χ2n) is 6.22. The van der Waals surface area contributed by atoms with Crippen molar-refractivity contribution in [3.8, 4) is 11.4 Å². The first-order valence-corrected chi connectivity index (χ1v) is 10.2. The summed E-state index contributed by atoms with van der Waals surface area (Å²) in [4.78, 5) is 25.6. The minimum atomic E-state index is -0.197. The van der Waals surface area contributed by atoms with Crippen molar-refractivity contribution in [3.63, 3.8) is 0 Å². The summed E-state index contributed by atoms with van der Waals surface area (Å²) in [6.07, 6.45) is 4.66. The zero-order valence-corrected chi connectivity index (χ0v) is 16.6. The van der Waals surface area contributed by atoms with E-state index in [0.717, 1.165) is 29.5 Å². The molecule has 0 bridgehead atoms. The van der Waals surface area contributed by atoms with E-state index in [1.54, 1.807) is 17.3 Å². The second kappa shape index (κ2) is 6.27. The van der Waals surface area contributed by atoms with Gasteiger partial charge in [0.15, 0.2) is 11.6 Å². The maximum Gasteiger partial charge on any atom is 0.352 e. The Kier molecular flexibility index (Phi) is 3.89. The molecule has 0 aromatic carbocycles. The van der Waals surface area contributed by atoms with E-state index >= 15 is 0 Å². The number of carbonyl (C=O) groups is 1. The molecule has 5 heterocycles. The molecule has 1 amide bonds. The van der Waals surface area contributed by atoms with Crippen LogP contribution in [0.3, 0.4) is 0 Å². The lowest BCUT2D eigenvalue weighted by molar-refractivity contribution is 0.248. The van der Waals surface area contributed by atoms with Gasteiger partial charge in [-0.05, 0) is 36.2 Å². The molecule has 5 rings (SSSR count). The fraction of sp³-hybridized carbons (Fsp3) is 0.312. The van der Waals surface area contributed by atoms with Crippen molar-refractivity contribution in [1.29, 1.82) is 0 Å². The van der Waals surface area contributed by atoms with Crippen LogP contribution in [0.25, 0.3) is 11.4 Å². The Morgan fingerprint density at radius 1 is 1.27 bits per heavy atom. The van der Waals surface area contributed by atoms with Gasteiger partial charge in [-0.25, -0.2) is 14.8 Å². The number of carbonyl (C=O) groups excluding carboxylic acids is 1. The highest BCUT2D eigenvalue weighted by Gasteiger charge is 2.32. The lowest BCUT2D eigenvalue weighted by Gasteiger charge is -2.16. The molecule has 3 aromatic heterocycles.